The van der Waals surface area contributed by atoms with Crippen LogP contribution in [-0.2, 0) is 4.74 Å². The summed E-state index contributed by atoms with van der Waals surface area (Å²) in [6, 6.07) is 0. The van der Waals surface area contributed by atoms with Gasteiger partial charge in [0.1, 0.15) is 0 Å². The normalized spacial score (nSPS) is 14.0. The molecular formula is C9H21NO2. The Kier molecular flexibility index (Phi) is 3.69. The van der Waals surface area contributed by atoms with Gasteiger partial charge in [-0.2, -0.15) is 5.06 Å². The van der Waals surface area contributed by atoms with E-state index >= 15 is 0 Å². The fourth-order valence-corrected chi connectivity index (χ4v) is 1.32. The van der Waals surface area contributed by atoms with Crippen molar-refractivity contribution in [1.29, 1.82) is 0 Å². The average Bonchev–Trinajstić information content (AvgIpc) is 1.84. The van der Waals surface area contributed by atoms with Gasteiger partial charge in [-0.25, -0.2) is 0 Å². The van der Waals surface area contributed by atoms with Gasteiger partial charge in [-0.15, -0.1) is 0 Å². The molecule has 0 aliphatic rings. The van der Waals surface area contributed by atoms with Crippen LogP contribution in [0.1, 0.15) is 34.6 Å². The summed E-state index contributed by atoms with van der Waals surface area (Å²) < 4.78 is 5.02. The van der Waals surface area contributed by atoms with E-state index in [9.17, 15) is 5.21 Å². The molecule has 0 heterocycles. The number of rotatable bonds is 3. The van der Waals surface area contributed by atoms with E-state index in [0.29, 0.717) is 6.61 Å². The number of nitrogens with zero attached hydrogens (tertiary/aromatic N) is 1. The number of hydrogen-bond donors (Lipinski definition) is 1. The molecule has 12 heavy (non-hydrogen) atoms. The summed E-state index contributed by atoms with van der Waals surface area (Å²) in [5.41, 5.74) is -0.588. The van der Waals surface area contributed by atoms with Gasteiger partial charge in [0.2, 0.25) is 0 Å². The Balaban J connectivity index is 4.34. The van der Waals surface area contributed by atoms with Gasteiger partial charge in [0.15, 0.2) is 0 Å². The molecule has 1 N–H and O–H groups in total. The van der Waals surface area contributed by atoms with E-state index < -0.39 is 0 Å². The second kappa shape index (κ2) is 3.73. The van der Waals surface area contributed by atoms with E-state index in [0.717, 1.165) is 0 Å². The Hall–Kier alpha value is -0.120. The molecule has 0 aromatic carbocycles. The van der Waals surface area contributed by atoms with E-state index in [4.69, 9.17) is 4.74 Å². The van der Waals surface area contributed by atoms with Crippen molar-refractivity contribution in [3.05, 3.63) is 0 Å². The molecule has 0 saturated heterocycles. The second-order valence-electron chi connectivity index (χ2n) is 4.73. The highest BCUT2D eigenvalue weighted by atomic mass is 16.5. The van der Waals surface area contributed by atoms with Crippen LogP contribution in [0, 0.1) is 0 Å². The highest BCUT2D eigenvalue weighted by molar-refractivity contribution is 4.83. The summed E-state index contributed by atoms with van der Waals surface area (Å²) in [6.45, 7) is 10.3. The fourth-order valence-electron chi connectivity index (χ4n) is 1.32. The van der Waals surface area contributed by atoms with Crippen LogP contribution < -0.4 is 0 Å². The molecular weight excluding hydrogens is 154 g/mol. The third-order valence-electron chi connectivity index (χ3n) is 1.71. The lowest BCUT2D eigenvalue weighted by Gasteiger charge is -2.41. The van der Waals surface area contributed by atoms with Gasteiger partial charge < -0.3 is 9.94 Å². The molecule has 0 rings (SSSR count). The SMILES string of the molecule is COCC(C)(C)N(O)C(C)(C)C. The molecule has 0 atom stereocenters. The van der Waals surface area contributed by atoms with Crippen molar-refractivity contribution in [3.8, 4) is 0 Å². The summed E-state index contributed by atoms with van der Waals surface area (Å²) in [5, 5.41) is 11.1. The molecule has 74 valence electrons. The van der Waals surface area contributed by atoms with Gasteiger partial charge in [0, 0.05) is 12.6 Å². The van der Waals surface area contributed by atoms with Crippen LogP contribution in [0.2, 0.25) is 0 Å². The molecule has 0 aromatic rings. The molecule has 0 spiro atoms. The first-order chi connectivity index (χ1) is 5.22. The van der Waals surface area contributed by atoms with Crippen LogP contribution in [0.4, 0.5) is 0 Å². The monoisotopic (exact) mass is 175 g/mol. The van der Waals surface area contributed by atoms with Crippen molar-refractivity contribution >= 4 is 0 Å². The summed E-state index contributed by atoms with van der Waals surface area (Å²) in [7, 11) is 1.64. The Bertz CT molecular complexity index is 138. The average molecular weight is 175 g/mol. The fraction of sp³-hybridized carbons (Fsp3) is 1.00. The largest absolute Gasteiger partial charge is 0.383 e. The van der Waals surface area contributed by atoms with Crippen LogP contribution in [0.3, 0.4) is 0 Å². The lowest BCUT2D eigenvalue weighted by molar-refractivity contribution is -0.228. The zero-order valence-corrected chi connectivity index (χ0v) is 9.01. The Labute approximate surface area is 75.3 Å². The third-order valence-corrected chi connectivity index (χ3v) is 1.71. The van der Waals surface area contributed by atoms with E-state index in [-0.39, 0.29) is 11.1 Å². The molecule has 0 aliphatic carbocycles. The number of hydrogen-bond acceptors (Lipinski definition) is 3. The minimum atomic E-state index is -0.340. The molecule has 0 bridgehead atoms. The van der Waals surface area contributed by atoms with Crippen LogP contribution in [0.15, 0.2) is 0 Å². The number of methoxy groups -OCH3 is 1. The first kappa shape index (κ1) is 11.9. The minimum Gasteiger partial charge on any atom is -0.383 e. The molecule has 0 unspecified atom stereocenters. The zero-order valence-electron chi connectivity index (χ0n) is 9.01. The molecule has 3 heteroatoms. The number of ether oxygens (including phenoxy) is 1. The van der Waals surface area contributed by atoms with E-state index in [1.165, 1.54) is 5.06 Å². The van der Waals surface area contributed by atoms with Gasteiger partial charge >= 0.3 is 0 Å². The highest BCUT2D eigenvalue weighted by Gasteiger charge is 2.33. The van der Waals surface area contributed by atoms with Crippen LogP contribution in [0.25, 0.3) is 0 Å². The maximum atomic E-state index is 9.80. The molecule has 0 amide bonds. The Morgan fingerprint density at radius 2 is 1.58 bits per heavy atom. The minimum absolute atomic E-state index is 0.248. The smallest absolute Gasteiger partial charge is 0.0664 e. The maximum Gasteiger partial charge on any atom is 0.0664 e. The molecule has 0 radical (unpaired) electrons. The molecule has 0 fully saturated rings. The lowest BCUT2D eigenvalue weighted by Crippen LogP contribution is -2.54. The molecule has 3 nitrogen and oxygen atoms in total. The maximum absolute atomic E-state index is 9.80. The first-order valence-corrected chi connectivity index (χ1v) is 4.20. The van der Waals surface area contributed by atoms with Gasteiger partial charge in [-0.1, -0.05) is 0 Å². The van der Waals surface area contributed by atoms with Crippen LogP contribution in [-0.4, -0.2) is 35.1 Å². The topological polar surface area (TPSA) is 32.7 Å². The Morgan fingerprint density at radius 1 is 1.17 bits per heavy atom. The van der Waals surface area contributed by atoms with Crippen molar-refractivity contribution in [2.45, 2.75) is 45.7 Å². The Morgan fingerprint density at radius 3 is 1.83 bits per heavy atom. The third kappa shape index (κ3) is 3.09. The quantitative estimate of drug-likeness (QED) is 0.665. The van der Waals surface area contributed by atoms with Crippen molar-refractivity contribution in [1.82, 2.24) is 5.06 Å². The molecule has 0 aromatic heterocycles. The van der Waals surface area contributed by atoms with Crippen molar-refractivity contribution in [3.63, 3.8) is 0 Å². The van der Waals surface area contributed by atoms with Gasteiger partial charge in [0.05, 0.1) is 12.1 Å². The lowest BCUT2D eigenvalue weighted by atomic mass is 9.99. The van der Waals surface area contributed by atoms with Gasteiger partial charge in [-0.05, 0) is 34.6 Å². The second-order valence-corrected chi connectivity index (χ2v) is 4.73. The summed E-state index contributed by atoms with van der Waals surface area (Å²) in [6.07, 6.45) is 0. The van der Waals surface area contributed by atoms with Gasteiger partial charge in [-0.3, -0.25) is 0 Å². The van der Waals surface area contributed by atoms with Crippen LogP contribution in [0.5, 0.6) is 0 Å². The predicted molar refractivity (Wildman–Crippen MR) is 49.3 cm³/mol. The highest BCUT2D eigenvalue weighted by Crippen LogP contribution is 2.22. The summed E-state index contributed by atoms with van der Waals surface area (Å²) in [4.78, 5) is 0. The molecule has 0 aliphatic heterocycles. The van der Waals surface area contributed by atoms with E-state index in [1.807, 2.05) is 34.6 Å². The predicted octanol–water partition coefficient (Wildman–Crippen LogP) is 1.90. The van der Waals surface area contributed by atoms with Gasteiger partial charge in [0.25, 0.3) is 0 Å². The summed E-state index contributed by atoms with van der Waals surface area (Å²) >= 11 is 0. The first-order valence-electron chi connectivity index (χ1n) is 4.20. The zero-order chi connectivity index (χ0) is 9.99. The van der Waals surface area contributed by atoms with E-state index in [2.05, 4.69) is 0 Å². The number of hydroxylamine groups is 2. The van der Waals surface area contributed by atoms with Crippen molar-refractivity contribution in [2.75, 3.05) is 13.7 Å². The van der Waals surface area contributed by atoms with Crippen molar-refractivity contribution < 1.29 is 9.94 Å². The molecule has 0 saturated carbocycles. The van der Waals surface area contributed by atoms with Crippen molar-refractivity contribution in [2.24, 2.45) is 0 Å². The summed E-state index contributed by atoms with van der Waals surface area (Å²) in [5.74, 6) is 0. The van der Waals surface area contributed by atoms with Crippen LogP contribution >= 0.6 is 0 Å². The standard InChI is InChI=1S/C9H21NO2/c1-8(2,3)10(11)9(4,5)7-12-6/h11H,7H2,1-6H3. The van der Waals surface area contributed by atoms with E-state index in [1.54, 1.807) is 7.11 Å².